The number of hydrogen-bond donors (Lipinski definition) is 2. The Morgan fingerprint density at radius 1 is 0.643 bits per heavy atom. The first kappa shape index (κ1) is 32.3. The van der Waals surface area contributed by atoms with E-state index >= 15 is 0 Å². The van der Waals surface area contributed by atoms with Crippen molar-refractivity contribution in [1.29, 1.82) is 0 Å². The lowest BCUT2D eigenvalue weighted by Crippen LogP contribution is -2.42. The molecule has 0 aliphatic rings. The molecule has 8 heteroatoms. The Morgan fingerprint density at radius 3 is 1.67 bits per heavy atom. The van der Waals surface area contributed by atoms with Crippen LogP contribution in [0, 0.1) is 0 Å². The number of rotatable bonds is 18. The van der Waals surface area contributed by atoms with Gasteiger partial charge >= 0.3 is 0 Å². The van der Waals surface area contributed by atoms with E-state index in [2.05, 4.69) is 17.6 Å². The van der Waals surface area contributed by atoms with Crippen LogP contribution >= 0.6 is 0 Å². The quantitative estimate of drug-likeness (QED) is 0.139. The molecule has 0 heterocycles. The summed E-state index contributed by atoms with van der Waals surface area (Å²) in [4.78, 5) is 26.2. The second kappa shape index (κ2) is 17.6. The fourth-order valence-corrected chi connectivity index (χ4v) is 4.53. The van der Waals surface area contributed by atoms with E-state index in [0.717, 1.165) is 24.0 Å². The molecule has 0 unspecified atom stereocenters. The van der Waals surface area contributed by atoms with Crippen molar-refractivity contribution in [2.24, 2.45) is 0 Å². The minimum Gasteiger partial charge on any atom is -0.497 e. The number of ether oxygens (including phenoxy) is 4. The molecule has 0 bridgehead atoms. The molecule has 42 heavy (non-hydrogen) atoms. The topological polar surface area (TPSA) is 95.1 Å². The summed E-state index contributed by atoms with van der Waals surface area (Å²) < 4.78 is 22.0. The Bertz CT molecular complexity index is 1180. The maximum atomic E-state index is 13.1. The summed E-state index contributed by atoms with van der Waals surface area (Å²) in [5.74, 6) is 2.12. The van der Waals surface area contributed by atoms with Gasteiger partial charge < -0.3 is 29.6 Å². The van der Waals surface area contributed by atoms with Gasteiger partial charge in [0.1, 0.15) is 17.7 Å². The first-order valence-corrected chi connectivity index (χ1v) is 14.6. The minimum absolute atomic E-state index is 0.144. The van der Waals surface area contributed by atoms with Crippen molar-refractivity contribution < 1.29 is 28.5 Å². The van der Waals surface area contributed by atoms with Gasteiger partial charge in [-0.15, -0.1) is 0 Å². The molecule has 0 radical (unpaired) electrons. The summed E-state index contributed by atoms with van der Waals surface area (Å²) in [7, 11) is 4.77. The standard InChI is InChI=1S/C34H44N2O6/c1-5-6-7-8-9-10-21-42-30-20-15-27(24-31(30)41-4)34(35-32(37)22-25-11-16-28(39-2)17-12-25)36-33(38)23-26-13-18-29(40-3)19-14-26/h11-20,24,34H,5-10,21-23H2,1-4H3,(H,35,37)(H,36,38). The SMILES string of the molecule is CCCCCCCCOc1ccc(C(NC(=O)Cc2ccc(OC)cc2)NC(=O)Cc2ccc(OC)cc2)cc1OC. The number of nitrogens with one attached hydrogen (secondary N) is 2. The number of unbranched alkanes of at least 4 members (excludes halogenated alkanes) is 5. The number of benzene rings is 3. The highest BCUT2D eigenvalue weighted by molar-refractivity contribution is 5.82. The van der Waals surface area contributed by atoms with Gasteiger partial charge in [-0.3, -0.25) is 9.59 Å². The minimum atomic E-state index is -0.775. The summed E-state index contributed by atoms with van der Waals surface area (Å²) in [6, 6.07) is 20.1. The van der Waals surface area contributed by atoms with E-state index in [-0.39, 0.29) is 24.7 Å². The molecule has 3 aromatic carbocycles. The van der Waals surface area contributed by atoms with Crippen molar-refractivity contribution in [3.8, 4) is 23.0 Å². The molecule has 2 N–H and O–H groups in total. The van der Waals surface area contributed by atoms with Crippen LogP contribution in [0.3, 0.4) is 0 Å². The summed E-state index contributed by atoms with van der Waals surface area (Å²) in [5.41, 5.74) is 2.32. The van der Waals surface area contributed by atoms with Crippen LogP contribution in [0.25, 0.3) is 0 Å². The Labute approximate surface area is 249 Å². The molecule has 0 saturated carbocycles. The molecule has 2 amide bonds. The Hall–Kier alpha value is -4.20. The van der Waals surface area contributed by atoms with Crippen LogP contribution in [-0.2, 0) is 22.4 Å². The van der Waals surface area contributed by atoms with Gasteiger partial charge in [0.15, 0.2) is 11.5 Å². The van der Waals surface area contributed by atoms with Crippen molar-refractivity contribution in [2.75, 3.05) is 27.9 Å². The maximum absolute atomic E-state index is 13.1. The molecular weight excluding hydrogens is 532 g/mol. The van der Waals surface area contributed by atoms with E-state index in [4.69, 9.17) is 18.9 Å². The number of carbonyl (C=O) groups excluding carboxylic acids is 2. The highest BCUT2D eigenvalue weighted by Gasteiger charge is 2.20. The van der Waals surface area contributed by atoms with Gasteiger partial charge in [-0.05, 0) is 59.5 Å². The predicted octanol–water partition coefficient (Wildman–Crippen LogP) is 6.17. The van der Waals surface area contributed by atoms with E-state index in [0.29, 0.717) is 35.2 Å². The van der Waals surface area contributed by atoms with Crippen LogP contribution in [0.5, 0.6) is 23.0 Å². The monoisotopic (exact) mass is 576 g/mol. The number of hydrogen-bond acceptors (Lipinski definition) is 6. The highest BCUT2D eigenvalue weighted by atomic mass is 16.5. The van der Waals surface area contributed by atoms with Crippen molar-refractivity contribution in [1.82, 2.24) is 10.6 Å². The average molecular weight is 577 g/mol. The molecule has 0 aliphatic carbocycles. The Morgan fingerprint density at radius 2 is 1.17 bits per heavy atom. The van der Waals surface area contributed by atoms with Gasteiger partial charge in [0, 0.05) is 0 Å². The number of methoxy groups -OCH3 is 3. The molecule has 0 atom stereocenters. The van der Waals surface area contributed by atoms with Gasteiger partial charge in [-0.25, -0.2) is 0 Å². The third-order valence-electron chi connectivity index (χ3n) is 6.93. The largest absolute Gasteiger partial charge is 0.497 e. The summed E-state index contributed by atoms with van der Waals surface area (Å²) in [5, 5.41) is 5.95. The molecule has 0 aromatic heterocycles. The van der Waals surface area contributed by atoms with Crippen molar-refractivity contribution >= 4 is 11.8 Å². The predicted molar refractivity (Wildman–Crippen MR) is 164 cm³/mol. The van der Waals surface area contributed by atoms with Crippen molar-refractivity contribution in [2.45, 2.75) is 64.5 Å². The van der Waals surface area contributed by atoms with Crippen LogP contribution in [0.2, 0.25) is 0 Å². The van der Waals surface area contributed by atoms with Crippen LogP contribution in [0.1, 0.15) is 68.3 Å². The van der Waals surface area contributed by atoms with Crippen LogP contribution in [0.4, 0.5) is 0 Å². The first-order chi connectivity index (χ1) is 20.4. The van der Waals surface area contributed by atoms with E-state index < -0.39 is 6.17 Å². The molecule has 8 nitrogen and oxygen atoms in total. The lowest BCUT2D eigenvalue weighted by atomic mass is 10.1. The third-order valence-corrected chi connectivity index (χ3v) is 6.93. The third kappa shape index (κ3) is 10.7. The van der Waals surface area contributed by atoms with Crippen molar-refractivity contribution in [3.05, 3.63) is 83.4 Å². The molecule has 226 valence electrons. The van der Waals surface area contributed by atoms with Gasteiger partial charge in [-0.1, -0.05) is 69.4 Å². The lowest BCUT2D eigenvalue weighted by molar-refractivity contribution is -0.123. The van der Waals surface area contributed by atoms with Crippen molar-refractivity contribution in [3.63, 3.8) is 0 Å². The summed E-state index contributed by atoms with van der Waals surface area (Å²) in [6.45, 7) is 2.81. The van der Waals surface area contributed by atoms with E-state index in [9.17, 15) is 9.59 Å². The molecule has 3 aromatic rings. The van der Waals surface area contributed by atoms with Gasteiger partial charge in [0.25, 0.3) is 0 Å². The second-order valence-electron chi connectivity index (χ2n) is 10.1. The molecular formula is C34H44N2O6. The molecule has 0 aliphatic heterocycles. The Kier molecular flexibility index (Phi) is 13.5. The number of amides is 2. The Balaban J connectivity index is 1.71. The molecule has 0 spiro atoms. The van der Waals surface area contributed by atoms with Gasteiger partial charge in [-0.2, -0.15) is 0 Å². The smallest absolute Gasteiger partial charge is 0.226 e. The van der Waals surface area contributed by atoms with E-state index in [1.54, 1.807) is 27.4 Å². The highest BCUT2D eigenvalue weighted by Crippen LogP contribution is 2.30. The molecule has 0 fully saturated rings. The second-order valence-corrected chi connectivity index (χ2v) is 10.1. The number of carbonyl (C=O) groups is 2. The maximum Gasteiger partial charge on any atom is 0.226 e. The molecule has 3 rings (SSSR count). The summed E-state index contributed by atoms with van der Waals surface area (Å²) in [6.07, 6.45) is 6.57. The average Bonchev–Trinajstić information content (AvgIpc) is 3.01. The van der Waals surface area contributed by atoms with E-state index in [1.807, 2.05) is 60.7 Å². The van der Waals surface area contributed by atoms with Gasteiger partial charge in [0.05, 0.1) is 40.8 Å². The zero-order chi connectivity index (χ0) is 30.2. The van der Waals surface area contributed by atoms with Crippen LogP contribution < -0.4 is 29.6 Å². The summed E-state index contributed by atoms with van der Waals surface area (Å²) >= 11 is 0. The zero-order valence-electron chi connectivity index (χ0n) is 25.2. The first-order valence-electron chi connectivity index (χ1n) is 14.6. The zero-order valence-corrected chi connectivity index (χ0v) is 25.2. The fraction of sp³-hybridized carbons (Fsp3) is 0.412. The molecule has 0 saturated heterocycles. The normalized spacial score (nSPS) is 10.7. The lowest BCUT2D eigenvalue weighted by Gasteiger charge is -2.22. The van der Waals surface area contributed by atoms with Gasteiger partial charge in [0.2, 0.25) is 11.8 Å². The fourth-order valence-electron chi connectivity index (χ4n) is 4.53. The van der Waals surface area contributed by atoms with E-state index in [1.165, 1.54) is 25.7 Å². The van der Waals surface area contributed by atoms with Crippen LogP contribution in [0.15, 0.2) is 66.7 Å². The van der Waals surface area contributed by atoms with Crippen LogP contribution in [-0.4, -0.2) is 39.8 Å².